The van der Waals surface area contributed by atoms with Crippen LogP contribution < -0.4 is 5.32 Å². The monoisotopic (exact) mass is 874 g/mol. The van der Waals surface area contributed by atoms with E-state index >= 15 is 0 Å². The van der Waals surface area contributed by atoms with E-state index < -0.39 is 12.1 Å². The predicted molar refractivity (Wildman–Crippen MR) is 269 cm³/mol. The second-order valence-corrected chi connectivity index (χ2v) is 18.9. The molecule has 3 N–H and O–H groups in total. The fourth-order valence-corrected chi connectivity index (χ4v) is 8.45. The number of esters is 1. The van der Waals surface area contributed by atoms with Crippen LogP contribution in [0.4, 0.5) is 0 Å². The number of aliphatic hydroxyl groups excluding tert-OH is 2. The van der Waals surface area contributed by atoms with E-state index in [2.05, 4.69) is 43.5 Å². The summed E-state index contributed by atoms with van der Waals surface area (Å²) in [4.78, 5) is 24.4. The summed E-state index contributed by atoms with van der Waals surface area (Å²) in [6.07, 6.45) is 61.6. The van der Waals surface area contributed by atoms with Gasteiger partial charge in [0.1, 0.15) is 0 Å². The number of carbonyl (C=O) groups is 2. The Morgan fingerprint density at radius 2 is 0.758 bits per heavy atom. The summed E-state index contributed by atoms with van der Waals surface area (Å²) >= 11 is 0. The molecule has 2 unspecified atom stereocenters. The molecule has 0 aliphatic heterocycles. The van der Waals surface area contributed by atoms with Gasteiger partial charge in [-0.3, -0.25) is 9.59 Å². The molecule has 0 aliphatic carbocycles. The van der Waals surface area contributed by atoms with E-state index in [0.717, 1.165) is 57.8 Å². The minimum absolute atomic E-state index is 0.00715. The van der Waals surface area contributed by atoms with Crippen LogP contribution in [0.15, 0.2) is 24.3 Å². The van der Waals surface area contributed by atoms with Gasteiger partial charge in [0.05, 0.1) is 25.4 Å². The average Bonchev–Trinajstić information content (AvgIpc) is 3.27. The Kier molecular flexibility index (Phi) is 50.6. The van der Waals surface area contributed by atoms with Crippen molar-refractivity contribution in [2.24, 2.45) is 0 Å². The van der Waals surface area contributed by atoms with Crippen molar-refractivity contribution in [3.8, 4) is 0 Å². The third-order valence-electron chi connectivity index (χ3n) is 12.7. The number of nitrogens with one attached hydrogen (secondary N) is 1. The van der Waals surface area contributed by atoms with Gasteiger partial charge in [0, 0.05) is 12.8 Å². The molecule has 0 bridgehead atoms. The molecule has 0 radical (unpaired) electrons. The molecule has 0 heterocycles. The first-order valence-electron chi connectivity index (χ1n) is 27.6. The summed E-state index contributed by atoms with van der Waals surface area (Å²) in [6.45, 7) is 4.92. The lowest BCUT2D eigenvalue weighted by Crippen LogP contribution is -2.45. The highest BCUT2D eigenvalue weighted by atomic mass is 16.5. The first-order valence-corrected chi connectivity index (χ1v) is 27.6. The second-order valence-electron chi connectivity index (χ2n) is 18.9. The molecule has 366 valence electrons. The summed E-state index contributed by atoms with van der Waals surface area (Å²) < 4.78 is 5.45. The Morgan fingerprint density at radius 3 is 1.18 bits per heavy atom. The summed E-state index contributed by atoms with van der Waals surface area (Å²) in [7, 11) is 0. The molecule has 6 heteroatoms. The number of hydrogen-bond donors (Lipinski definition) is 3. The van der Waals surface area contributed by atoms with Gasteiger partial charge < -0.3 is 20.3 Å². The van der Waals surface area contributed by atoms with E-state index in [1.54, 1.807) is 0 Å². The summed E-state index contributed by atoms with van der Waals surface area (Å²) in [6, 6.07) is -0.551. The van der Waals surface area contributed by atoms with Gasteiger partial charge in [0.25, 0.3) is 0 Å². The Bertz CT molecular complexity index is 966. The van der Waals surface area contributed by atoms with E-state index in [1.807, 2.05) is 0 Å². The number of rotatable bonds is 51. The zero-order chi connectivity index (χ0) is 45.1. The molecule has 0 spiro atoms. The van der Waals surface area contributed by atoms with Crippen LogP contribution in [-0.4, -0.2) is 47.4 Å². The van der Waals surface area contributed by atoms with Gasteiger partial charge in [0.2, 0.25) is 5.91 Å². The fraction of sp³-hybridized carbons (Fsp3) is 0.893. The molecule has 0 aromatic heterocycles. The zero-order valence-corrected chi connectivity index (χ0v) is 41.6. The maximum atomic E-state index is 12.5. The van der Waals surface area contributed by atoms with Gasteiger partial charge in [-0.05, 0) is 77.0 Å². The molecular formula is C56H107NO5. The van der Waals surface area contributed by atoms with E-state index in [4.69, 9.17) is 4.74 Å². The summed E-state index contributed by atoms with van der Waals surface area (Å²) in [5, 5.41) is 23.2. The van der Waals surface area contributed by atoms with Gasteiger partial charge in [0.15, 0.2) is 0 Å². The van der Waals surface area contributed by atoms with Crippen molar-refractivity contribution >= 4 is 11.9 Å². The highest BCUT2D eigenvalue weighted by Crippen LogP contribution is 2.16. The van der Waals surface area contributed by atoms with Crippen LogP contribution in [0.5, 0.6) is 0 Å². The van der Waals surface area contributed by atoms with E-state index in [0.29, 0.717) is 25.9 Å². The molecule has 62 heavy (non-hydrogen) atoms. The highest BCUT2D eigenvalue weighted by molar-refractivity contribution is 5.76. The third-order valence-corrected chi connectivity index (χ3v) is 12.7. The largest absolute Gasteiger partial charge is 0.466 e. The molecule has 0 aromatic carbocycles. The minimum Gasteiger partial charge on any atom is -0.466 e. The number of aliphatic hydroxyl groups is 2. The summed E-state index contributed by atoms with van der Waals surface area (Å²) in [5.74, 6) is -0.0557. The molecule has 1 amide bonds. The zero-order valence-electron chi connectivity index (χ0n) is 41.6. The maximum absolute atomic E-state index is 12.5. The Labute approximate surface area is 386 Å². The van der Waals surface area contributed by atoms with E-state index in [1.165, 1.54) is 205 Å². The molecule has 0 saturated heterocycles. The Morgan fingerprint density at radius 1 is 0.435 bits per heavy atom. The quantitative estimate of drug-likeness (QED) is 0.0321. The van der Waals surface area contributed by atoms with Crippen molar-refractivity contribution in [3.63, 3.8) is 0 Å². The minimum atomic E-state index is -0.672. The van der Waals surface area contributed by atoms with Gasteiger partial charge in [-0.15, -0.1) is 0 Å². The maximum Gasteiger partial charge on any atom is 0.305 e. The van der Waals surface area contributed by atoms with Crippen LogP contribution in [0.2, 0.25) is 0 Å². The molecule has 0 aliphatic rings. The number of unbranched alkanes of at least 4 members (excludes halogenated alkanes) is 36. The van der Waals surface area contributed by atoms with Gasteiger partial charge >= 0.3 is 5.97 Å². The van der Waals surface area contributed by atoms with E-state index in [9.17, 15) is 19.8 Å². The Balaban J connectivity index is 3.46. The average molecular weight is 874 g/mol. The van der Waals surface area contributed by atoms with Crippen LogP contribution >= 0.6 is 0 Å². The first-order chi connectivity index (χ1) is 30.5. The van der Waals surface area contributed by atoms with Crippen molar-refractivity contribution in [1.29, 1.82) is 0 Å². The van der Waals surface area contributed by atoms with Crippen LogP contribution in [0.3, 0.4) is 0 Å². The topological polar surface area (TPSA) is 95.9 Å². The number of amides is 1. The third kappa shape index (κ3) is 47.8. The van der Waals surface area contributed by atoms with Gasteiger partial charge in [-0.2, -0.15) is 0 Å². The lowest BCUT2D eigenvalue weighted by molar-refractivity contribution is -0.143. The normalized spacial score (nSPS) is 12.8. The number of hydrogen-bond acceptors (Lipinski definition) is 5. The first kappa shape index (κ1) is 60.3. The molecule has 0 saturated carbocycles. The molecule has 0 rings (SSSR count). The lowest BCUT2D eigenvalue weighted by Gasteiger charge is -2.22. The molecular weight excluding hydrogens is 767 g/mol. The van der Waals surface area contributed by atoms with Crippen molar-refractivity contribution in [1.82, 2.24) is 5.32 Å². The molecule has 6 nitrogen and oxygen atoms in total. The highest BCUT2D eigenvalue weighted by Gasteiger charge is 2.20. The lowest BCUT2D eigenvalue weighted by atomic mass is 10.0. The smallest absolute Gasteiger partial charge is 0.305 e. The molecule has 2 atom stereocenters. The summed E-state index contributed by atoms with van der Waals surface area (Å²) in [5.41, 5.74) is 0. The fourth-order valence-electron chi connectivity index (χ4n) is 8.45. The van der Waals surface area contributed by atoms with E-state index in [-0.39, 0.29) is 18.5 Å². The van der Waals surface area contributed by atoms with Gasteiger partial charge in [-0.25, -0.2) is 0 Å². The van der Waals surface area contributed by atoms with Crippen LogP contribution in [-0.2, 0) is 14.3 Å². The molecule has 0 fully saturated rings. The molecule has 0 aromatic rings. The number of carbonyl (C=O) groups excluding carboxylic acids is 2. The standard InChI is InChI=1S/C56H107NO5/c1-3-5-7-9-11-13-15-17-22-25-28-32-36-40-44-48-54(59)53(52-58)57-55(60)49-45-41-37-33-29-26-23-20-18-19-21-24-27-31-35-39-43-47-51-62-56(61)50-46-42-38-34-30-16-14-12-10-8-6-4-2/h12,14,20,23,53-54,58-59H,3-11,13,15-19,21-22,24-52H2,1-2H3,(H,57,60)/b14-12-,23-20-. The second kappa shape index (κ2) is 52.0. The Hall–Kier alpha value is -1.66. The van der Waals surface area contributed by atoms with Crippen LogP contribution in [0, 0.1) is 0 Å². The number of allylic oxidation sites excluding steroid dienone is 4. The van der Waals surface area contributed by atoms with Crippen LogP contribution in [0.1, 0.15) is 296 Å². The SMILES string of the molecule is CCCCC/C=C\CCCCCCCC(=O)OCCCCCCCCCCC/C=C\CCCCCCCC(=O)NC(CO)C(O)CCCCCCCCCCCCCCCCC. The van der Waals surface area contributed by atoms with Crippen molar-refractivity contribution in [3.05, 3.63) is 24.3 Å². The van der Waals surface area contributed by atoms with Crippen molar-refractivity contribution < 1.29 is 24.5 Å². The predicted octanol–water partition coefficient (Wildman–Crippen LogP) is 16.7. The number of ether oxygens (including phenoxy) is 1. The van der Waals surface area contributed by atoms with Gasteiger partial charge in [-0.1, -0.05) is 231 Å². The van der Waals surface area contributed by atoms with Crippen molar-refractivity contribution in [2.75, 3.05) is 13.2 Å². The van der Waals surface area contributed by atoms with Crippen molar-refractivity contribution in [2.45, 2.75) is 309 Å². The van der Waals surface area contributed by atoms with Crippen LogP contribution in [0.25, 0.3) is 0 Å².